The van der Waals surface area contributed by atoms with Gasteiger partial charge in [0.1, 0.15) is 10.8 Å². The Morgan fingerprint density at radius 3 is 2.77 bits per heavy atom. The van der Waals surface area contributed by atoms with E-state index in [1.807, 2.05) is 23.1 Å². The molecule has 4 rings (SSSR count). The van der Waals surface area contributed by atoms with E-state index in [1.165, 1.54) is 12.1 Å². The second kappa shape index (κ2) is 7.38. The van der Waals surface area contributed by atoms with E-state index in [9.17, 15) is 9.18 Å². The molecular weight excluding hydrogens is 347 g/mol. The minimum atomic E-state index is -0.277. The van der Waals surface area contributed by atoms with Crippen LogP contribution in [0.3, 0.4) is 0 Å². The van der Waals surface area contributed by atoms with Crippen molar-refractivity contribution in [2.24, 2.45) is 0 Å². The molecule has 0 spiro atoms. The molecule has 26 heavy (non-hydrogen) atoms. The fourth-order valence-corrected chi connectivity index (χ4v) is 4.44. The summed E-state index contributed by atoms with van der Waals surface area (Å²) in [6, 6.07) is 14.2. The highest BCUT2D eigenvalue weighted by atomic mass is 32.1. The van der Waals surface area contributed by atoms with E-state index in [0.717, 1.165) is 46.6 Å². The number of rotatable bonds is 3. The third-order valence-electron chi connectivity index (χ3n) is 4.67. The normalized spacial score (nSPS) is 17.9. The van der Waals surface area contributed by atoms with Crippen LogP contribution < -0.4 is 0 Å². The molecule has 0 bridgehead atoms. The van der Waals surface area contributed by atoms with Crippen LogP contribution in [0.1, 0.15) is 35.9 Å². The van der Waals surface area contributed by atoms with Gasteiger partial charge in [-0.2, -0.15) is 0 Å². The summed E-state index contributed by atoms with van der Waals surface area (Å²) in [7, 11) is 0. The molecule has 0 radical (unpaired) electrons. The molecule has 0 N–H and O–H groups in total. The predicted octanol–water partition coefficient (Wildman–Crippen LogP) is 5.20. The predicted molar refractivity (Wildman–Crippen MR) is 103 cm³/mol. The molecule has 132 valence electrons. The lowest BCUT2D eigenvalue weighted by Crippen LogP contribution is -2.37. The molecule has 1 atom stereocenters. The molecule has 0 aliphatic carbocycles. The largest absolute Gasteiger partial charge is 0.330 e. The number of amides is 1. The first-order chi connectivity index (χ1) is 12.7. The maximum absolute atomic E-state index is 13.0. The van der Waals surface area contributed by atoms with Crippen LogP contribution in [-0.2, 0) is 4.79 Å². The standard InChI is InChI=1S/C21H19FN2OS/c22-16-11-8-15(9-12-16)10-13-20(25)24-14-4-3-6-18(24)21-23-17-5-1-2-7-19(17)26-21/h1-2,5,7-13,18H,3-4,6,14H2/b13-10+/t18-/m1/s1. The van der Waals surface area contributed by atoms with Gasteiger partial charge >= 0.3 is 0 Å². The van der Waals surface area contributed by atoms with Gasteiger partial charge in [-0.25, -0.2) is 9.37 Å². The number of thiazole rings is 1. The zero-order valence-electron chi connectivity index (χ0n) is 14.3. The molecule has 1 amide bonds. The van der Waals surface area contributed by atoms with E-state index < -0.39 is 0 Å². The van der Waals surface area contributed by atoms with Gasteiger partial charge in [-0.05, 0) is 55.2 Å². The Morgan fingerprint density at radius 2 is 1.96 bits per heavy atom. The fraction of sp³-hybridized carbons (Fsp3) is 0.238. The topological polar surface area (TPSA) is 33.2 Å². The van der Waals surface area contributed by atoms with Crippen LogP contribution in [0.15, 0.2) is 54.6 Å². The molecule has 0 saturated carbocycles. The zero-order chi connectivity index (χ0) is 17.9. The lowest BCUT2D eigenvalue weighted by molar-refractivity contribution is -0.129. The first-order valence-electron chi connectivity index (χ1n) is 8.80. The van der Waals surface area contributed by atoms with Gasteiger partial charge in [0.15, 0.2) is 0 Å². The molecule has 5 heteroatoms. The van der Waals surface area contributed by atoms with Crippen molar-refractivity contribution < 1.29 is 9.18 Å². The van der Waals surface area contributed by atoms with Gasteiger partial charge in [-0.15, -0.1) is 11.3 Å². The van der Waals surface area contributed by atoms with Crippen LogP contribution in [0.5, 0.6) is 0 Å². The minimum absolute atomic E-state index is 0.0155. The number of aromatic nitrogens is 1. The summed E-state index contributed by atoms with van der Waals surface area (Å²) in [5, 5.41) is 1.01. The number of carbonyl (C=O) groups excluding carboxylic acids is 1. The quantitative estimate of drug-likeness (QED) is 0.597. The van der Waals surface area contributed by atoms with Crippen molar-refractivity contribution in [3.8, 4) is 0 Å². The van der Waals surface area contributed by atoms with Crippen molar-refractivity contribution in [1.29, 1.82) is 0 Å². The first kappa shape index (κ1) is 16.9. The second-order valence-electron chi connectivity index (χ2n) is 6.45. The highest BCUT2D eigenvalue weighted by molar-refractivity contribution is 7.18. The van der Waals surface area contributed by atoms with E-state index in [4.69, 9.17) is 4.98 Å². The summed E-state index contributed by atoms with van der Waals surface area (Å²) in [4.78, 5) is 19.5. The molecule has 1 aliphatic heterocycles. The smallest absolute Gasteiger partial charge is 0.247 e. The molecule has 1 aromatic heterocycles. The number of piperidine rings is 1. The first-order valence-corrected chi connectivity index (χ1v) is 9.62. The Kier molecular flexibility index (Phi) is 4.80. The van der Waals surface area contributed by atoms with Crippen LogP contribution in [0.25, 0.3) is 16.3 Å². The third kappa shape index (κ3) is 3.53. The molecule has 3 aromatic rings. The number of benzene rings is 2. The van der Waals surface area contributed by atoms with Gasteiger partial charge in [-0.3, -0.25) is 4.79 Å². The number of carbonyl (C=O) groups is 1. The Morgan fingerprint density at radius 1 is 1.15 bits per heavy atom. The van der Waals surface area contributed by atoms with Crippen LogP contribution in [0.2, 0.25) is 0 Å². The molecule has 3 nitrogen and oxygen atoms in total. The number of para-hydroxylation sites is 1. The fourth-order valence-electron chi connectivity index (χ4n) is 3.32. The van der Waals surface area contributed by atoms with E-state index in [0.29, 0.717) is 0 Å². The summed E-state index contributed by atoms with van der Waals surface area (Å²) >= 11 is 1.67. The molecular formula is C21H19FN2OS. The average molecular weight is 366 g/mol. The van der Waals surface area contributed by atoms with Gasteiger partial charge in [0, 0.05) is 12.6 Å². The number of likely N-dealkylation sites (tertiary alicyclic amines) is 1. The summed E-state index contributed by atoms with van der Waals surface area (Å²) in [5.41, 5.74) is 1.81. The molecule has 1 aliphatic rings. The molecule has 1 fully saturated rings. The van der Waals surface area contributed by atoms with Crippen molar-refractivity contribution >= 4 is 33.5 Å². The van der Waals surface area contributed by atoms with Crippen molar-refractivity contribution in [1.82, 2.24) is 9.88 Å². The highest BCUT2D eigenvalue weighted by Crippen LogP contribution is 2.35. The van der Waals surface area contributed by atoms with Crippen molar-refractivity contribution in [3.05, 3.63) is 71.0 Å². The molecule has 1 saturated heterocycles. The number of nitrogens with zero attached hydrogens (tertiary/aromatic N) is 2. The van der Waals surface area contributed by atoms with E-state index in [-0.39, 0.29) is 17.8 Å². The van der Waals surface area contributed by atoms with Gasteiger partial charge in [0.25, 0.3) is 0 Å². The van der Waals surface area contributed by atoms with E-state index in [1.54, 1.807) is 35.6 Å². The monoisotopic (exact) mass is 366 g/mol. The Hall–Kier alpha value is -2.53. The Labute approximate surface area is 155 Å². The third-order valence-corrected chi connectivity index (χ3v) is 5.81. The van der Waals surface area contributed by atoms with Crippen molar-refractivity contribution in [2.75, 3.05) is 6.54 Å². The Bertz CT molecular complexity index is 915. The average Bonchev–Trinajstić information content (AvgIpc) is 3.11. The molecule has 0 unspecified atom stereocenters. The van der Waals surface area contributed by atoms with Crippen LogP contribution in [-0.4, -0.2) is 22.3 Å². The SMILES string of the molecule is O=C(/C=C/c1ccc(F)cc1)N1CCCC[C@@H]1c1nc2ccccc2s1. The Balaban J connectivity index is 1.56. The molecule has 2 aromatic carbocycles. The lowest BCUT2D eigenvalue weighted by atomic mass is 10.0. The van der Waals surface area contributed by atoms with Gasteiger partial charge in [0.2, 0.25) is 5.91 Å². The van der Waals surface area contributed by atoms with E-state index in [2.05, 4.69) is 6.07 Å². The van der Waals surface area contributed by atoms with Crippen LogP contribution in [0, 0.1) is 5.82 Å². The number of halogens is 1. The molecule has 2 heterocycles. The van der Waals surface area contributed by atoms with Crippen molar-refractivity contribution in [3.63, 3.8) is 0 Å². The maximum atomic E-state index is 13.0. The summed E-state index contributed by atoms with van der Waals surface area (Å²) in [5.74, 6) is -0.293. The maximum Gasteiger partial charge on any atom is 0.247 e. The summed E-state index contributed by atoms with van der Waals surface area (Å²) in [6.45, 7) is 0.743. The minimum Gasteiger partial charge on any atom is -0.330 e. The number of hydrogen-bond acceptors (Lipinski definition) is 3. The number of fused-ring (bicyclic) bond motifs is 1. The zero-order valence-corrected chi connectivity index (χ0v) is 15.1. The van der Waals surface area contributed by atoms with Gasteiger partial charge in [-0.1, -0.05) is 24.3 Å². The van der Waals surface area contributed by atoms with Gasteiger partial charge in [0.05, 0.1) is 16.3 Å². The highest BCUT2D eigenvalue weighted by Gasteiger charge is 2.29. The van der Waals surface area contributed by atoms with Gasteiger partial charge < -0.3 is 4.90 Å². The number of hydrogen-bond donors (Lipinski definition) is 0. The van der Waals surface area contributed by atoms with Crippen LogP contribution in [0.4, 0.5) is 4.39 Å². The summed E-state index contributed by atoms with van der Waals surface area (Å²) in [6.07, 6.45) is 6.38. The van der Waals surface area contributed by atoms with E-state index >= 15 is 0 Å². The summed E-state index contributed by atoms with van der Waals surface area (Å²) < 4.78 is 14.2. The second-order valence-corrected chi connectivity index (χ2v) is 7.51. The van der Waals surface area contributed by atoms with Crippen LogP contribution >= 0.6 is 11.3 Å². The van der Waals surface area contributed by atoms with Crippen molar-refractivity contribution in [2.45, 2.75) is 25.3 Å². The lowest BCUT2D eigenvalue weighted by Gasteiger charge is -2.33.